The van der Waals surface area contributed by atoms with Gasteiger partial charge in [-0.3, -0.25) is 0 Å². The van der Waals surface area contributed by atoms with E-state index >= 15 is 0 Å². The van der Waals surface area contributed by atoms with Gasteiger partial charge in [0.1, 0.15) is 4.88 Å². The summed E-state index contributed by atoms with van der Waals surface area (Å²) in [7, 11) is 0. The van der Waals surface area contributed by atoms with Crippen molar-refractivity contribution in [1.29, 1.82) is 0 Å². The zero-order chi connectivity index (χ0) is 13.7. The first-order valence-electron chi connectivity index (χ1n) is 6.11. The predicted octanol–water partition coefficient (Wildman–Crippen LogP) is 2.17. The molecule has 0 fully saturated rings. The van der Waals surface area contributed by atoms with E-state index in [4.69, 9.17) is 10.5 Å². The highest BCUT2D eigenvalue weighted by molar-refractivity contribution is 7.17. The molecule has 0 aromatic carbocycles. The van der Waals surface area contributed by atoms with Gasteiger partial charge in [0.15, 0.2) is 5.13 Å². The van der Waals surface area contributed by atoms with Gasteiger partial charge in [-0.2, -0.15) is 0 Å². The Bertz CT molecular complexity index is 404. The summed E-state index contributed by atoms with van der Waals surface area (Å²) >= 11 is 1.31. The van der Waals surface area contributed by atoms with Crippen LogP contribution < -0.4 is 11.1 Å². The third-order valence-electron chi connectivity index (χ3n) is 2.44. The van der Waals surface area contributed by atoms with Gasteiger partial charge >= 0.3 is 5.97 Å². The first-order valence-corrected chi connectivity index (χ1v) is 6.93. The van der Waals surface area contributed by atoms with Crippen LogP contribution >= 0.6 is 11.3 Å². The summed E-state index contributed by atoms with van der Waals surface area (Å²) in [6.07, 6.45) is 0.735. The Labute approximate surface area is 112 Å². The fraction of sp³-hybridized carbons (Fsp3) is 0.667. The molecule has 102 valence electrons. The molecule has 2 unspecified atom stereocenters. The summed E-state index contributed by atoms with van der Waals surface area (Å²) in [6, 6.07) is 0.0460. The quantitative estimate of drug-likeness (QED) is 0.775. The van der Waals surface area contributed by atoms with Gasteiger partial charge < -0.3 is 15.8 Å². The molecule has 0 radical (unpaired) electrons. The van der Waals surface area contributed by atoms with E-state index in [1.54, 1.807) is 6.92 Å². The number of hydrogen-bond donors (Lipinski definition) is 2. The molecule has 0 aliphatic carbocycles. The Kier molecular flexibility index (Phi) is 5.55. The SMILES string of the molecule is CCC(C)OC(=O)c1sc(NCC(C)N)nc1C. The van der Waals surface area contributed by atoms with Crippen LogP contribution in [0.5, 0.6) is 0 Å². The largest absolute Gasteiger partial charge is 0.458 e. The van der Waals surface area contributed by atoms with Crippen LogP contribution in [0, 0.1) is 6.92 Å². The van der Waals surface area contributed by atoms with Crippen LogP contribution in [0.15, 0.2) is 0 Å². The zero-order valence-corrected chi connectivity index (χ0v) is 12.1. The minimum absolute atomic E-state index is 0.0460. The summed E-state index contributed by atoms with van der Waals surface area (Å²) < 4.78 is 5.28. The molecule has 18 heavy (non-hydrogen) atoms. The summed E-state index contributed by atoms with van der Waals surface area (Å²) in [5.74, 6) is -0.298. The molecular formula is C12H21N3O2S. The Morgan fingerprint density at radius 1 is 1.56 bits per heavy atom. The molecule has 2 atom stereocenters. The first-order chi connectivity index (χ1) is 8.43. The summed E-state index contributed by atoms with van der Waals surface area (Å²) in [5.41, 5.74) is 6.35. The highest BCUT2D eigenvalue weighted by Gasteiger charge is 2.18. The maximum absolute atomic E-state index is 11.9. The average molecular weight is 271 g/mol. The smallest absolute Gasteiger partial charge is 0.350 e. The van der Waals surface area contributed by atoms with Crippen molar-refractivity contribution >= 4 is 22.4 Å². The van der Waals surface area contributed by atoms with E-state index < -0.39 is 0 Å². The molecule has 6 heteroatoms. The number of nitrogens with zero attached hydrogens (tertiary/aromatic N) is 1. The number of esters is 1. The van der Waals surface area contributed by atoms with Gasteiger partial charge in [0, 0.05) is 12.6 Å². The Morgan fingerprint density at radius 2 is 2.22 bits per heavy atom. The number of nitrogens with one attached hydrogen (secondary N) is 1. The fourth-order valence-corrected chi connectivity index (χ4v) is 2.09. The van der Waals surface area contributed by atoms with Crippen LogP contribution in [-0.4, -0.2) is 29.6 Å². The maximum Gasteiger partial charge on any atom is 0.350 e. The normalized spacial score (nSPS) is 14.1. The molecule has 0 amide bonds. The van der Waals surface area contributed by atoms with Gasteiger partial charge in [-0.05, 0) is 27.2 Å². The first kappa shape index (κ1) is 14.9. The van der Waals surface area contributed by atoms with Gasteiger partial charge in [-0.1, -0.05) is 18.3 Å². The number of ether oxygens (including phenoxy) is 1. The monoisotopic (exact) mass is 271 g/mol. The Balaban J connectivity index is 2.69. The van der Waals surface area contributed by atoms with E-state index in [2.05, 4.69) is 10.3 Å². The summed E-state index contributed by atoms with van der Waals surface area (Å²) in [4.78, 5) is 16.7. The number of carbonyl (C=O) groups is 1. The molecule has 0 spiro atoms. The van der Waals surface area contributed by atoms with Crippen LogP contribution in [0.25, 0.3) is 0 Å². The molecule has 1 aromatic rings. The molecule has 1 rings (SSSR count). The lowest BCUT2D eigenvalue weighted by Crippen LogP contribution is -2.25. The van der Waals surface area contributed by atoms with Gasteiger partial charge in [-0.25, -0.2) is 9.78 Å². The lowest BCUT2D eigenvalue weighted by molar-refractivity contribution is 0.0339. The minimum atomic E-state index is -0.298. The second kappa shape index (κ2) is 6.70. The van der Waals surface area contributed by atoms with Crippen molar-refractivity contribution in [2.45, 2.75) is 46.3 Å². The zero-order valence-electron chi connectivity index (χ0n) is 11.3. The predicted molar refractivity (Wildman–Crippen MR) is 74.2 cm³/mol. The third-order valence-corrected chi connectivity index (χ3v) is 3.54. The number of aryl methyl sites for hydroxylation is 1. The second-order valence-corrected chi connectivity index (χ2v) is 5.41. The topological polar surface area (TPSA) is 77.2 Å². The average Bonchev–Trinajstić information content (AvgIpc) is 2.67. The third kappa shape index (κ3) is 4.27. The van der Waals surface area contributed by atoms with E-state index in [0.717, 1.165) is 6.42 Å². The van der Waals surface area contributed by atoms with Gasteiger partial charge in [0.2, 0.25) is 0 Å². The molecule has 0 aliphatic heterocycles. The van der Waals surface area contributed by atoms with Crippen molar-refractivity contribution in [2.24, 2.45) is 5.73 Å². The molecule has 0 aliphatic rings. The molecule has 5 nitrogen and oxygen atoms in total. The van der Waals surface area contributed by atoms with Crippen molar-refractivity contribution in [1.82, 2.24) is 4.98 Å². The number of thiazole rings is 1. The number of carbonyl (C=O) groups excluding carboxylic acids is 1. The Morgan fingerprint density at radius 3 is 2.78 bits per heavy atom. The molecule has 3 N–H and O–H groups in total. The molecule has 1 heterocycles. The number of nitrogens with two attached hydrogens (primary N) is 1. The Hall–Kier alpha value is -1.14. The lowest BCUT2D eigenvalue weighted by atomic mass is 10.3. The summed E-state index contributed by atoms with van der Waals surface area (Å²) in [6.45, 7) is 8.20. The standard InChI is InChI=1S/C12H21N3O2S/c1-5-8(3)17-11(16)10-9(4)15-12(18-10)14-6-7(2)13/h7-8H,5-6,13H2,1-4H3,(H,14,15). The van der Waals surface area contributed by atoms with Crippen LogP contribution in [-0.2, 0) is 4.74 Å². The minimum Gasteiger partial charge on any atom is -0.458 e. The van der Waals surface area contributed by atoms with Gasteiger partial charge in [0.05, 0.1) is 11.8 Å². The number of rotatable bonds is 6. The van der Waals surface area contributed by atoms with E-state index in [1.807, 2.05) is 20.8 Å². The van der Waals surface area contributed by atoms with Gasteiger partial charge in [0.25, 0.3) is 0 Å². The van der Waals surface area contributed by atoms with Crippen molar-refractivity contribution < 1.29 is 9.53 Å². The summed E-state index contributed by atoms with van der Waals surface area (Å²) in [5, 5.41) is 3.81. The van der Waals surface area contributed by atoms with Crippen LogP contribution in [0.2, 0.25) is 0 Å². The number of anilines is 1. The molecular weight excluding hydrogens is 250 g/mol. The fourth-order valence-electron chi connectivity index (χ4n) is 1.23. The van der Waals surface area contributed by atoms with Crippen molar-refractivity contribution in [3.05, 3.63) is 10.6 Å². The van der Waals surface area contributed by atoms with Crippen molar-refractivity contribution in [3.8, 4) is 0 Å². The van der Waals surface area contributed by atoms with Crippen molar-refractivity contribution in [2.75, 3.05) is 11.9 Å². The van der Waals surface area contributed by atoms with Crippen LogP contribution in [0.1, 0.15) is 42.6 Å². The second-order valence-electron chi connectivity index (χ2n) is 4.42. The molecule has 0 bridgehead atoms. The van der Waals surface area contributed by atoms with Crippen LogP contribution in [0.4, 0.5) is 5.13 Å². The maximum atomic E-state index is 11.9. The van der Waals surface area contributed by atoms with E-state index in [0.29, 0.717) is 22.2 Å². The highest BCUT2D eigenvalue weighted by Crippen LogP contribution is 2.23. The molecule has 0 saturated carbocycles. The lowest BCUT2D eigenvalue weighted by Gasteiger charge is -2.09. The highest BCUT2D eigenvalue weighted by atomic mass is 32.1. The van der Waals surface area contributed by atoms with E-state index in [1.165, 1.54) is 11.3 Å². The number of hydrogen-bond acceptors (Lipinski definition) is 6. The van der Waals surface area contributed by atoms with Gasteiger partial charge in [-0.15, -0.1) is 0 Å². The number of aromatic nitrogens is 1. The molecule has 0 saturated heterocycles. The van der Waals surface area contributed by atoms with E-state index in [9.17, 15) is 4.79 Å². The van der Waals surface area contributed by atoms with Crippen molar-refractivity contribution in [3.63, 3.8) is 0 Å². The van der Waals surface area contributed by atoms with E-state index in [-0.39, 0.29) is 18.1 Å². The van der Waals surface area contributed by atoms with Crippen LogP contribution in [0.3, 0.4) is 0 Å². The molecule has 1 aromatic heterocycles.